The zero-order valence-corrected chi connectivity index (χ0v) is 24.7. The monoisotopic (exact) mass is 620 g/mol. The van der Waals surface area contributed by atoms with Gasteiger partial charge in [0.25, 0.3) is 11.8 Å². The number of nitrogens with one attached hydrogen (secondary N) is 2. The van der Waals surface area contributed by atoms with Gasteiger partial charge < -0.3 is 4.74 Å². The molecule has 3 aromatic carbocycles. The van der Waals surface area contributed by atoms with Crippen molar-refractivity contribution in [2.24, 2.45) is 0 Å². The van der Waals surface area contributed by atoms with E-state index in [0.717, 1.165) is 11.6 Å². The molecule has 0 spiro atoms. The van der Waals surface area contributed by atoms with Crippen LogP contribution >= 0.6 is 11.6 Å². The van der Waals surface area contributed by atoms with Gasteiger partial charge in [-0.15, -0.1) is 0 Å². The van der Waals surface area contributed by atoms with Crippen LogP contribution in [0.5, 0.6) is 0 Å². The van der Waals surface area contributed by atoms with E-state index in [-0.39, 0.29) is 58.8 Å². The number of halogens is 1. The van der Waals surface area contributed by atoms with Crippen LogP contribution in [0.15, 0.2) is 76.5 Å². The van der Waals surface area contributed by atoms with Crippen molar-refractivity contribution in [2.45, 2.75) is 23.3 Å². The van der Waals surface area contributed by atoms with Gasteiger partial charge in [0.15, 0.2) is 0 Å². The number of hydrogen-bond acceptors (Lipinski definition) is 7. The molecule has 0 aliphatic carbocycles. The summed E-state index contributed by atoms with van der Waals surface area (Å²) in [6.07, 6.45) is 0. The van der Waals surface area contributed by atoms with Gasteiger partial charge in [-0.2, -0.15) is 8.61 Å². The van der Waals surface area contributed by atoms with Crippen LogP contribution in [-0.2, 0) is 31.3 Å². The number of nitrogens with zero attached hydrogens (tertiary/aromatic N) is 2. The highest BCUT2D eigenvalue weighted by Crippen LogP contribution is 2.26. The fraction of sp³-hybridized carbons (Fsp3) is 0.259. The molecule has 0 atom stereocenters. The molecule has 4 rings (SSSR count). The molecule has 0 radical (unpaired) electrons. The number of hydrogen-bond donors (Lipinski definition) is 2. The van der Waals surface area contributed by atoms with E-state index in [9.17, 15) is 26.4 Å². The van der Waals surface area contributed by atoms with E-state index in [2.05, 4.69) is 10.9 Å². The van der Waals surface area contributed by atoms with Crippen molar-refractivity contribution in [2.75, 3.05) is 33.4 Å². The molecule has 2 N–H and O–H groups in total. The molecule has 1 aliphatic heterocycles. The van der Waals surface area contributed by atoms with Gasteiger partial charge in [-0.1, -0.05) is 41.4 Å². The third-order valence-electron chi connectivity index (χ3n) is 6.42. The van der Waals surface area contributed by atoms with Gasteiger partial charge >= 0.3 is 0 Å². The van der Waals surface area contributed by atoms with Crippen LogP contribution in [-0.4, -0.2) is 70.6 Å². The Morgan fingerprint density at radius 3 is 2.05 bits per heavy atom. The van der Waals surface area contributed by atoms with Crippen LogP contribution in [0.25, 0.3) is 0 Å². The number of aryl methyl sites for hydroxylation is 1. The number of hydrazine groups is 1. The number of carbonyl (C=O) groups excluding carboxylic acids is 2. The molecule has 0 aromatic heterocycles. The van der Waals surface area contributed by atoms with Gasteiger partial charge in [0.05, 0.1) is 23.1 Å². The van der Waals surface area contributed by atoms with Gasteiger partial charge in [0, 0.05) is 37.8 Å². The Morgan fingerprint density at radius 2 is 1.44 bits per heavy atom. The first kappa shape index (κ1) is 30.6. The van der Waals surface area contributed by atoms with E-state index in [1.165, 1.54) is 39.9 Å². The first-order valence-corrected chi connectivity index (χ1v) is 15.8. The molecule has 3 aromatic rings. The molecule has 2 amide bonds. The third-order valence-corrected chi connectivity index (χ3v) is 10.6. The van der Waals surface area contributed by atoms with E-state index < -0.39 is 31.9 Å². The molecule has 41 heavy (non-hydrogen) atoms. The normalized spacial score (nSPS) is 14.5. The lowest BCUT2D eigenvalue weighted by Gasteiger charge is -2.26. The van der Waals surface area contributed by atoms with Crippen molar-refractivity contribution in [1.82, 2.24) is 19.5 Å². The molecule has 1 aliphatic rings. The van der Waals surface area contributed by atoms with Crippen molar-refractivity contribution in [3.05, 3.63) is 94.0 Å². The smallest absolute Gasteiger partial charge is 0.269 e. The van der Waals surface area contributed by atoms with Gasteiger partial charge in [-0.05, 0) is 55.0 Å². The SMILES string of the molecule is Cc1ccc(S(=O)(=O)N(C)Cc2ccc(C(=O)NNC(=O)c3ccc(Cl)c(S(=O)(=O)N4CCOCC4)c3)cc2)cc1. The van der Waals surface area contributed by atoms with Gasteiger partial charge in [0.2, 0.25) is 20.0 Å². The van der Waals surface area contributed by atoms with Gasteiger partial charge in [-0.3, -0.25) is 20.4 Å². The Hall–Kier alpha value is -3.33. The fourth-order valence-electron chi connectivity index (χ4n) is 4.02. The molecule has 11 nitrogen and oxygen atoms in total. The van der Waals surface area contributed by atoms with Crippen LogP contribution in [0.4, 0.5) is 0 Å². The second-order valence-electron chi connectivity index (χ2n) is 9.34. The van der Waals surface area contributed by atoms with Crippen molar-refractivity contribution < 1.29 is 31.2 Å². The second kappa shape index (κ2) is 12.7. The molecule has 0 unspecified atom stereocenters. The van der Waals surface area contributed by atoms with Gasteiger partial charge in [0.1, 0.15) is 4.90 Å². The van der Waals surface area contributed by atoms with Crippen molar-refractivity contribution in [3.8, 4) is 0 Å². The molecule has 0 bridgehead atoms. The molecule has 0 saturated carbocycles. The Morgan fingerprint density at radius 1 is 0.878 bits per heavy atom. The van der Waals surface area contributed by atoms with Gasteiger partial charge in [-0.25, -0.2) is 16.8 Å². The largest absolute Gasteiger partial charge is 0.379 e. The molecule has 14 heteroatoms. The Bertz CT molecular complexity index is 1640. The summed E-state index contributed by atoms with van der Waals surface area (Å²) in [4.78, 5) is 25.3. The molecule has 218 valence electrons. The fourth-order valence-corrected chi connectivity index (χ4v) is 7.09. The zero-order chi connectivity index (χ0) is 29.8. The summed E-state index contributed by atoms with van der Waals surface area (Å²) in [5.74, 6) is -1.37. The van der Waals surface area contributed by atoms with E-state index in [1.54, 1.807) is 36.4 Å². The molecular formula is C27H29ClN4O7S2. The number of rotatable bonds is 8. The number of ether oxygens (including phenoxy) is 1. The maximum atomic E-state index is 13.0. The lowest BCUT2D eigenvalue weighted by molar-refractivity contribution is 0.0730. The third kappa shape index (κ3) is 7.12. The predicted octanol–water partition coefficient (Wildman–Crippen LogP) is 2.56. The summed E-state index contributed by atoms with van der Waals surface area (Å²) >= 11 is 6.14. The summed E-state index contributed by atoms with van der Waals surface area (Å²) in [5, 5.41) is -0.0329. The Labute approximate surface area is 244 Å². The highest BCUT2D eigenvalue weighted by Gasteiger charge is 2.29. The number of benzene rings is 3. The van der Waals surface area contributed by atoms with Crippen LogP contribution in [0, 0.1) is 6.92 Å². The first-order chi connectivity index (χ1) is 19.4. The average molecular weight is 621 g/mol. The standard InChI is InChI=1S/C27H29ClN4O7S2/c1-19-3-10-23(11-4-19)40(35,36)31(2)18-20-5-7-21(8-6-20)26(33)29-30-27(34)22-9-12-24(28)25(17-22)41(37,38)32-13-15-39-16-14-32/h3-12,17H,13-16,18H2,1-2H3,(H,29,33)(H,30,34). The number of amides is 2. The lowest BCUT2D eigenvalue weighted by Crippen LogP contribution is -2.42. The van der Waals surface area contributed by atoms with Crippen LogP contribution < -0.4 is 10.9 Å². The zero-order valence-electron chi connectivity index (χ0n) is 22.3. The van der Waals surface area contributed by atoms with E-state index in [1.807, 2.05) is 6.92 Å². The average Bonchev–Trinajstić information content (AvgIpc) is 2.97. The second-order valence-corrected chi connectivity index (χ2v) is 13.7. The predicted molar refractivity (Wildman–Crippen MR) is 152 cm³/mol. The van der Waals surface area contributed by atoms with Crippen LogP contribution in [0.3, 0.4) is 0 Å². The Kier molecular flexibility index (Phi) is 9.47. The van der Waals surface area contributed by atoms with E-state index in [4.69, 9.17) is 16.3 Å². The lowest BCUT2D eigenvalue weighted by atomic mass is 10.1. The van der Waals surface area contributed by atoms with Crippen molar-refractivity contribution in [3.63, 3.8) is 0 Å². The molecule has 1 saturated heterocycles. The minimum absolute atomic E-state index is 0.0188. The summed E-state index contributed by atoms with van der Waals surface area (Å²) in [6.45, 7) is 2.81. The topological polar surface area (TPSA) is 142 Å². The summed E-state index contributed by atoms with van der Waals surface area (Å²) < 4.78 is 59.4. The minimum Gasteiger partial charge on any atom is -0.379 e. The minimum atomic E-state index is -3.95. The quantitative estimate of drug-likeness (QED) is 0.369. The maximum Gasteiger partial charge on any atom is 0.269 e. The molecule has 1 heterocycles. The number of morpholine rings is 1. The van der Waals surface area contributed by atoms with E-state index in [0.29, 0.717) is 5.56 Å². The highest BCUT2D eigenvalue weighted by atomic mass is 35.5. The summed E-state index contributed by atoms with van der Waals surface area (Å²) in [5.41, 5.74) is 6.35. The first-order valence-electron chi connectivity index (χ1n) is 12.5. The number of sulfonamides is 2. The molecular weight excluding hydrogens is 592 g/mol. The van der Waals surface area contributed by atoms with Crippen molar-refractivity contribution >= 4 is 43.5 Å². The molecule has 1 fully saturated rings. The summed E-state index contributed by atoms with van der Waals surface area (Å²) in [7, 11) is -6.17. The Balaban J connectivity index is 1.37. The maximum absolute atomic E-state index is 13.0. The summed E-state index contributed by atoms with van der Waals surface area (Å²) in [6, 6.07) is 16.6. The van der Waals surface area contributed by atoms with Crippen LogP contribution in [0.1, 0.15) is 31.8 Å². The van der Waals surface area contributed by atoms with Crippen LogP contribution in [0.2, 0.25) is 5.02 Å². The van der Waals surface area contributed by atoms with E-state index >= 15 is 0 Å². The van der Waals surface area contributed by atoms with Crippen molar-refractivity contribution in [1.29, 1.82) is 0 Å². The highest BCUT2D eigenvalue weighted by molar-refractivity contribution is 7.89. The number of carbonyl (C=O) groups is 2.